The van der Waals surface area contributed by atoms with Crippen LogP contribution in [0.2, 0.25) is 0 Å². The Labute approximate surface area is 158 Å². The number of non-ortho nitro benzene ring substituents is 1. The number of alkyl halides is 3. The molecule has 0 aromatic heterocycles. The molecule has 8 heteroatoms. The molecule has 0 fully saturated rings. The summed E-state index contributed by atoms with van der Waals surface area (Å²) in [5.74, 6) is -0.618. The third-order valence-corrected chi connectivity index (χ3v) is 4.29. The molecule has 0 bridgehead atoms. The van der Waals surface area contributed by atoms with Gasteiger partial charge in [-0.25, -0.2) is 0 Å². The highest BCUT2D eigenvalue weighted by Crippen LogP contribution is 2.37. The number of hydrogen-bond donors (Lipinski definition) is 0. The molecular formula is C20H16F3NO4. The summed E-state index contributed by atoms with van der Waals surface area (Å²) in [4.78, 5) is 22.6. The second-order valence-electron chi connectivity index (χ2n) is 7.09. The lowest BCUT2D eigenvalue weighted by Crippen LogP contribution is -2.24. The quantitative estimate of drug-likeness (QED) is 0.313. The number of halogens is 3. The summed E-state index contributed by atoms with van der Waals surface area (Å²) >= 11 is 0. The number of nitrogens with zero attached hydrogens (tertiary/aromatic N) is 1. The molecule has 0 radical (unpaired) electrons. The van der Waals surface area contributed by atoms with Crippen molar-refractivity contribution in [3.63, 3.8) is 0 Å². The Bertz CT molecular complexity index is 976. The number of nitro groups is 1. The van der Waals surface area contributed by atoms with Crippen molar-refractivity contribution in [1.82, 2.24) is 0 Å². The van der Waals surface area contributed by atoms with E-state index in [2.05, 4.69) is 0 Å². The molecule has 0 N–H and O–H groups in total. The molecule has 146 valence electrons. The van der Waals surface area contributed by atoms with E-state index in [1.807, 2.05) is 13.8 Å². The molecule has 0 spiro atoms. The normalized spacial score (nSPS) is 15.7. The third kappa shape index (κ3) is 4.05. The molecule has 1 heterocycles. The summed E-state index contributed by atoms with van der Waals surface area (Å²) in [6.45, 7) is 3.70. The first-order valence-corrected chi connectivity index (χ1v) is 8.36. The first-order valence-electron chi connectivity index (χ1n) is 8.36. The Balaban J connectivity index is 1.97. The van der Waals surface area contributed by atoms with Gasteiger partial charge in [-0.15, -0.1) is 0 Å². The molecule has 1 aliphatic rings. The summed E-state index contributed by atoms with van der Waals surface area (Å²) < 4.78 is 46.3. The fraction of sp³-hybridized carbons (Fsp3) is 0.250. The van der Waals surface area contributed by atoms with Crippen LogP contribution < -0.4 is 4.74 Å². The van der Waals surface area contributed by atoms with Crippen LogP contribution in [-0.2, 0) is 6.42 Å². The zero-order chi connectivity index (χ0) is 20.7. The van der Waals surface area contributed by atoms with Gasteiger partial charge in [0.1, 0.15) is 16.9 Å². The summed E-state index contributed by atoms with van der Waals surface area (Å²) in [7, 11) is 0. The van der Waals surface area contributed by atoms with Gasteiger partial charge in [0.05, 0.1) is 4.92 Å². The van der Waals surface area contributed by atoms with E-state index >= 15 is 0 Å². The van der Waals surface area contributed by atoms with Crippen LogP contribution >= 0.6 is 0 Å². The molecule has 2 aromatic carbocycles. The van der Waals surface area contributed by atoms with Gasteiger partial charge in [0.2, 0.25) is 0 Å². The van der Waals surface area contributed by atoms with Crippen molar-refractivity contribution in [1.29, 1.82) is 0 Å². The molecule has 3 rings (SSSR count). The average molecular weight is 391 g/mol. The van der Waals surface area contributed by atoms with Crippen LogP contribution in [0.3, 0.4) is 0 Å². The van der Waals surface area contributed by atoms with E-state index in [9.17, 15) is 28.1 Å². The molecular weight excluding hydrogens is 375 g/mol. The highest BCUT2D eigenvalue weighted by molar-refractivity contribution is 6.12. The zero-order valence-electron chi connectivity index (χ0n) is 15.0. The molecule has 5 nitrogen and oxygen atoms in total. The first-order chi connectivity index (χ1) is 13.0. The van der Waals surface area contributed by atoms with E-state index in [4.69, 9.17) is 4.74 Å². The van der Waals surface area contributed by atoms with Gasteiger partial charge in [0, 0.05) is 24.1 Å². The summed E-state index contributed by atoms with van der Waals surface area (Å²) in [5, 5.41) is 10.7. The molecule has 0 saturated heterocycles. The van der Waals surface area contributed by atoms with Crippen molar-refractivity contribution < 1.29 is 27.6 Å². The smallest absolute Gasteiger partial charge is 0.420 e. The van der Waals surface area contributed by atoms with Gasteiger partial charge in [-0.1, -0.05) is 0 Å². The minimum atomic E-state index is -4.88. The van der Waals surface area contributed by atoms with Crippen LogP contribution in [0.1, 0.15) is 35.3 Å². The van der Waals surface area contributed by atoms with Gasteiger partial charge in [-0.05, 0) is 61.4 Å². The number of nitro benzene ring substituents is 1. The molecule has 0 aliphatic carbocycles. The number of fused-ring (bicyclic) bond motifs is 1. The number of hydrogen-bond acceptors (Lipinski definition) is 4. The molecule has 2 aromatic rings. The maximum Gasteiger partial charge on any atom is 0.420 e. The largest absolute Gasteiger partial charge is 0.487 e. The number of allylic oxidation sites excluding steroid dienone is 1. The van der Waals surface area contributed by atoms with Gasteiger partial charge in [0.15, 0.2) is 5.78 Å². The number of benzene rings is 2. The van der Waals surface area contributed by atoms with Crippen LogP contribution in [0.15, 0.2) is 48.0 Å². The SMILES string of the molecule is CC1(C)Cc2cc(C(=O)C(=Cc3ccc([N+](=O)[O-])cc3)C(F)(F)F)ccc2O1. The topological polar surface area (TPSA) is 69.4 Å². The van der Waals surface area contributed by atoms with Crippen molar-refractivity contribution >= 4 is 17.5 Å². The first kappa shape index (κ1) is 19.6. The molecule has 28 heavy (non-hydrogen) atoms. The maximum atomic E-state index is 13.5. The Kier molecular flexibility index (Phi) is 4.74. The maximum absolute atomic E-state index is 13.5. The van der Waals surface area contributed by atoms with Gasteiger partial charge in [0.25, 0.3) is 5.69 Å². The molecule has 0 unspecified atom stereocenters. The van der Waals surface area contributed by atoms with E-state index in [0.717, 1.165) is 24.3 Å². The highest BCUT2D eigenvalue weighted by Gasteiger charge is 2.39. The standard InChI is InChI=1S/C20H16F3NO4/c1-19(2)11-14-10-13(5-8-17(14)28-19)18(25)16(20(21,22)23)9-12-3-6-15(7-4-12)24(26)27/h3-10H,11H2,1-2H3. The number of ketones is 1. The monoisotopic (exact) mass is 391 g/mol. The lowest BCUT2D eigenvalue weighted by molar-refractivity contribution is -0.384. The van der Waals surface area contributed by atoms with Crippen LogP contribution in [0.4, 0.5) is 18.9 Å². The lowest BCUT2D eigenvalue weighted by atomic mass is 9.96. The fourth-order valence-corrected chi connectivity index (χ4v) is 3.04. The van der Waals surface area contributed by atoms with Crippen molar-refractivity contribution in [3.8, 4) is 5.75 Å². The van der Waals surface area contributed by atoms with Crippen LogP contribution in [-0.4, -0.2) is 22.5 Å². The van der Waals surface area contributed by atoms with Crippen molar-refractivity contribution in [2.75, 3.05) is 0 Å². The number of carbonyl (C=O) groups excluding carboxylic acids is 1. The van der Waals surface area contributed by atoms with E-state index < -0.39 is 28.1 Å². The predicted molar refractivity (Wildman–Crippen MR) is 96.3 cm³/mol. The minimum absolute atomic E-state index is 0.0388. The fourth-order valence-electron chi connectivity index (χ4n) is 3.04. The van der Waals surface area contributed by atoms with Gasteiger partial charge >= 0.3 is 6.18 Å². The number of ether oxygens (including phenoxy) is 1. The Hall–Kier alpha value is -3.16. The Morgan fingerprint density at radius 2 is 1.82 bits per heavy atom. The minimum Gasteiger partial charge on any atom is -0.487 e. The van der Waals surface area contributed by atoms with Crippen LogP contribution in [0.25, 0.3) is 6.08 Å². The molecule has 0 amide bonds. The van der Waals surface area contributed by atoms with Crippen molar-refractivity contribution in [3.05, 3.63) is 74.8 Å². The van der Waals surface area contributed by atoms with E-state index in [1.165, 1.54) is 18.2 Å². The predicted octanol–water partition coefficient (Wildman–Crippen LogP) is 5.14. The molecule has 1 aliphatic heterocycles. The second kappa shape index (κ2) is 6.78. The Morgan fingerprint density at radius 1 is 1.18 bits per heavy atom. The molecule has 0 atom stereocenters. The lowest BCUT2D eigenvalue weighted by Gasteiger charge is -2.16. The summed E-state index contributed by atoms with van der Waals surface area (Å²) in [6.07, 6.45) is -3.70. The molecule has 0 saturated carbocycles. The number of carbonyl (C=O) groups is 1. The third-order valence-electron chi connectivity index (χ3n) is 4.29. The number of Topliss-reactive ketones (excluding diaryl/α,β-unsaturated/α-hetero) is 1. The van der Waals surface area contributed by atoms with Crippen molar-refractivity contribution in [2.45, 2.75) is 32.0 Å². The highest BCUT2D eigenvalue weighted by atomic mass is 19.4. The average Bonchev–Trinajstić information content (AvgIpc) is 2.91. The number of rotatable bonds is 4. The van der Waals surface area contributed by atoms with Crippen LogP contribution in [0, 0.1) is 10.1 Å². The second-order valence-corrected chi connectivity index (χ2v) is 7.09. The van der Waals surface area contributed by atoms with Gasteiger partial charge in [-0.3, -0.25) is 14.9 Å². The Morgan fingerprint density at radius 3 is 2.39 bits per heavy atom. The van der Waals surface area contributed by atoms with E-state index in [-0.39, 0.29) is 16.8 Å². The van der Waals surface area contributed by atoms with E-state index in [1.54, 1.807) is 0 Å². The van der Waals surface area contributed by atoms with Gasteiger partial charge in [-0.2, -0.15) is 13.2 Å². The van der Waals surface area contributed by atoms with Gasteiger partial charge < -0.3 is 4.74 Å². The summed E-state index contributed by atoms with van der Waals surface area (Å²) in [6, 6.07) is 8.71. The zero-order valence-corrected chi connectivity index (χ0v) is 15.0. The van der Waals surface area contributed by atoms with Crippen molar-refractivity contribution in [2.24, 2.45) is 0 Å². The van der Waals surface area contributed by atoms with E-state index in [0.29, 0.717) is 23.8 Å². The van der Waals surface area contributed by atoms with Crippen LogP contribution in [0.5, 0.6) is 5.75 Å². The summed E-state index contributed by atoms with van der Waals surface area (Å²) in [5.41, 5.74) is -1.46.